The Balaban J connectivity index is 2.40. The van der Waals surface area contributed by atoms with Crippen LogP contribution >= 0.6 is 0 Å². The van der Waals surface area contributed by atoms with Crippen LogP contribution in [0.5, 0.6) is 0 Å². The summed E-state index contributed by atoms with van der Waals surface area (Å²) in [6.07, 6.45) is 1.16. The van der Waals surface area contributed by atoms with E-state index in [2.05, 4.69) is 5.32 Å². The zero-order valence-electron chi connectivity index (χ0n) is 15.3. The minimum Gasteiger partial charge on any atom is -0.324 e. The predicted molar refractivity (Wildman–Crippen MR) is 102 cm³/mol. The van der Waals surface area contributed by atoms with E-state index in [1.54, 1.807) is 13.0 Å². The molecule has 0 radical (unpaired) electrons. The number of nitrogens with zero attached hydrogens (tertiary/aromatic N) is 1. The second-order valence-corrected chi connectivity index (χ2v) is 8.08. The molecule has 0 heterocycles. The molecule has 0 aromatic heterocycles. The lowest BCUT2D eigenvalue weighted by atomic mass is 10.1. The first kappa shape index (κ1) is 19.9. The summed E-state index contributed by atoms with van der Waals surface area (Å²) in [6, 6.07) is 9.89. The molecular formula is C19H23FN2O3S. The third kappa shape index (κ3) is 4.40. The van der Waals surface area contributed by atoms with Crippen LogP contribution in [0.2, 0.25) is 0 Å². The normalized spacial score (nSPS) is 12.5. The number of anilines is 2. The third-order valence-corrected chi connectivity index (χ3v) is 5.36. The van der Waals surface area contributed by atoms with Gasteiger partial charge in [0, 0.05) is 5.69 Å². The van der Waals surface area contributed by atoms with Crippen LogP contribution in [0.3, 0.4) is 0 Å². The first-order valence-corrected chi connectivity index (χ1v) is 10.1. The average molecular weight is 378 g/mol. The summed E-state index contributed by atoms with van der Waals surface area (Å²) in [5.41, 5.74) is 2.51. The van der Waals surface area contributed by atoms with E-state index in [1.807, 2.05) is 26.0 Å². The van der Waals surface area contributed by atoms with E-state index < -0.39 is 27.8 Å². The van der Waals surface area contributed by atoms with E-state index in [9.17, 15) is 17.6 Å². The Labute approximate surface area is 153 Å². The number of para-hydroxylation sites is 1. The smallest absolute Gasteiger partial charge is 0.248 e. The van der Waals surface area contributed by atoms with Gasteiger partial charge in [-0.1, -0.05) is 25.1 Å². The number of nitrogens with one attached hydrogen (secondary N) is 1. The van der Waals surface area contributed by atoms with Crippen LogP contribution in [0.15, 0.2) is 42.5 Å². The molecule has 2 aromatic rings. The molecule has 1 amide bonds. The molecule has 2 aromatic carbocycles. The molecular weight excluding hydrogens is 355 g/mol. The van der Waals surface area contributed by atoms with Crippen molar-refractivity contribution in [2.45, 2.75) is 33.2 Å². The van der Waals surface area contributed by atoms with E-state index in [0.29, 0.717) is 5.69 Å². The number of carbonyl (C=O) groups excluding carboxylic acids is 1. The first-order valence-electron chi connectivity index (χ1n) is 8.27. The average Bonchev–Trinajstić information content (AvgIpc) is 2.55. The van der Waals surface area contributed by atoms with E-state index >= 15 is 0 Å². The number of amides is 1. The molecule has 0 aliphatic rings. The van der Waals surface area contributed by atoms with Gasteiger partial charge in [0.15, 0.2) is 0 Å². The van der Waals surface area contributed by atoms with Crippen LogP contribution in [0.25, 0.3) is 0 Å². The van der Waals surface area contributed by atoms with Gasteiger partial charge >= 0.3 is 0 Å². The van der Waals surface area contributed by atoms with Crippen molar-refractivity contribution in [2.75, 3.05) is 15.9 Å². The Morgan fingerprint density at radius 3 is 2.35 bits per heavy atom. The van der Waals surface area contributed by atoms with Gasteiger partial charge in [-0.05, 0) is 55.7 Å². The number of sulfonamides is 1. The largest absolute Gasteiger partial charge is 0.324 e. The number of rotatable bonds is 6. The molecule has 0 aliphatic heterocycles. The highest BCUT2D eigenvalue weighted by molar-refractivity contribution is 7.92. The Kier molecular flexibility index (Phi) is 6.02. The minimum atomic E-state index is -3.87. The molecule has 2 rings (SSSR count). The number of aryl methyl sites for hydroxylation is 2. The van der Waals surface area contributed by atoms with E-state index in [4.69, 9.17) is 0 Å². The summed E-state index contributed by atoms with van der Waals surface area (Å²) < 4.78 is 39.7. The second kappa shape index (κ2) is 7.86. The van der Waals surface area contributed by atoms with Crippen LogP contribution in [0.4, 0.5) is 15.8 Å². The number of carbonyl (C=O) groups is 1. The van der Waals surface area contributed by atoms with Gasteiger partial charge in [-0.2, -0.15) is 0 Å². The fourth-order valence-corrected chi connectivity index (χ4v) is 3.92. The number of hydrogen-bond donors (Lipinski definition) is 1. The van der Waals surface area contributed by atoms with Gasteiger partial charge in [-0.3, -0.25) is 9.10 Å². The van der Waals surface area contributed by atoms with Crippen molar-refractivity contribution >= 4 is 27.3 Å². The minimum absolute atomic E-state index is 0.142. The van der Waals surface area contributed by atoms with Crippen LogP contribution in [-0.2, 0) is 14.8 Å². The monoisotopic (exact) mass is 378 g/mol. The maximum Gasteiger partial charge on any atom is 0.248 e. The lowest BCUT2D eigenvalue weighted by Gasteiger charge is -2.30. The Hall–Kier alpha value is -2.41. The van der Waals surface area contributed by atoms with Crippen molar-refractivity contribution in [2.24, 2.45) is 0 Å². The molecule has 26 heavy (non-hydrogen) atoms. The maximum absolute atomic E-state index is 14.2. The van der Waals surface area contributed by atoms with E-state index in [0.717, 1.165) is 21.7 Å². The number of benzene rings is 2. The highest BCUT2D eigenvalue weighted by Gasteiger charge is 2.33. The van der Waals surface area contributed by atoms with E-state index in [1.165, 1.54) is 24.3 Å². The Morgan fingerprint density at radius 2 is 1.81 bits per heavy atom. The summed E-state index contributed by atoms with van der Waals surface area (Å²) in [5.74, 6) is -1.21. The second-order valence-electron chi connectivity index (χ2n) is 6.22. The summed E-state index contributed by atoms with van der Waals surface area (Å²) in [5, 5.41) is 2.74. The Morgan fingerprint density at radius 1 is 1.15 bits per heavy atom. The summed E-state index contributed by atoms with van der Waals surface area (Å²) in [7, 11) is -3.87. The molecule has 0 bridgehead atoms. The van der Waals surface area contributed by atoms with Crippen molar-refractivity contribution in [1.29, 1.82) is 0 Å². The molecule has 5 nitrogen and oxygen atoms in total. The lowest BCUT2D eigenvalue weighted by molar-refractivity contribution is -0.117. The van der Waals surface area contributed by atoms with E-state index in [-0.39, 0.29) is 12.1 Å². The molecule has 0 aliphatic carbocycles. The van der Waals surface area contributed by atoms with Gasteiger partial charge < -0.3 is 5.32 Å². The predicted octanol–water partition coefficient (Wildman–Crippen LogP) is 3.63. The first-order chi connectivity index (χ1) is 12.1. The quantitative estimate of drug-likeness (QED) is 0.835. The van der Waals surface area contributed by atoms with Crippen LogP contribution in [-0.4, -0.2) is 26.6 Å². The highest BCUT2D eigenvalue weighted by Crippen LogP contribution is 2.26. The molecule has 0 fully saturated rings. The van der Waals surface area contributed by atoms with Crippen LogP contribution in [0.1, 0.15) is 24.5 Å². The third-order valence-electron chi connectivity index (χ3n) is 4.19. The Bertz CT molecular complexity index is 913. The van der Waals surface area contributed by atoms with Gasteiger partial charge in [-0.15, -0.1) is 0 Å². The fourth-order valence-electron chi connectivity index (χ4n) is 2.71. The number of halogens is 1. The van der Waals surface area contributed by atoms with Gasteiger partial charge in [-0.25, -0.2) is 12.8 Å². The summed E-state index contributed by atoms with van der Waals surface area (Å²) >= 11 is 0. The van der Waals surface area contributed by atoms with Gasteiger partial charge in [0.1, 0.15) is 11.9 Å². The zero-order chi connectivity index (χ0) is 19.5. The zero-order valence-corrected chi connectivity index (χ0v) is 16.1. The molecule has 1 atom stereocenters. The fraction of sp³-hybridized carbons (Fsp3) is 0.316. The molecule has 0 unspecified atom stereocenters. The maximum atomic E-state index is 14.2. The van der Waals surface area contributed by atoms with Crippen molar-refractivity contribution in [3.8, 4) is 0 Å². The van der Waals surface area contributed by atoms with Gasteiger partial charge in [0.2, 0.25) is 15.9 Å². The highest BCUT2D eigenvalue weighted by atomic mass is 32.2. The molecule has 0 saturated carbocycles. The topological polar surface area (TPSA) is 66.5 Å². The van der Waals surface area contributed by atoms with Crippen molar-refractivity contribution in [3.63, 3.8) is 0 Å². The summed E-state index contributed by atoms with van der Waals surface area (Å²) in [4.78, 5) is 12.8. The molecule has 0 saturated heterocycles. The lowest BCUT2D eigenvalue weighted by Crippen LogP contribution is -2.47. The van der Waals surface area contributed by atoms with Crippen LogP contribution in [0, 0.1) is 19.7 Å². The number of hydrogen-bond acceptors (Lipinski definition) is 3. The molecule has 0 spiro atoms. The van der Waals surface area contributed by atoms with Crippen LogP contribution < -0.4 is 9.62 Å². The van der Waals surface area contributed by atoms with Gasteiger partial charge in [0.05, 0.1) is 11.9 Å². The van der Waals surface area contributed by atoms with Crippen molar-refractivity contribution in [1.82, 2.24) is 0 Å². The molecule has 7 heteroatoms. The van der Waals surface area contributed by atoms with Gasteiger partial charge in [0.25, 0.3) is 0 Å². The SMILES string of the molecule is CC[C@H](C(=O)Nc1ccc(C)c(C)c1)N(c1ccccc1F)S(C)(=O)=O. The molecule has 140 valence electrons. The molecule has 1 N–H and O–H groups in total. The van der Waals surface area contributed by atoms with Crippen molar-refractivity contribution in [3.05, 3.63) is 59.4 Å². The summed E-state index contributed by atoms with van der Waals surface area (Å²) in [6.45, 7) is 5.56. The standard InChI is InChI=1S/C19H23FN2O3S/c1-5-17(19(23)21-15-11-10-13(2)14(3)12-15)22(26(4,24)25)18-9-7-6-8-16(18)20/h6-12,17H,5H2,1-4H3,(H,21,23)/t17-/m1/s1. The van der Waals surface area contributed by atoms with Crippen molar-refractivity contribution < 1.29 is 17.6 Å².